The first-order valence-electron chi connectivity index (χ1n) is 8.41. The molecular formula is C21H17ClN2O2. The molecule has 1 aliphatic rings. The molecule has 2 heterocycles. The minimum absolute atomic E-state index is 0.0266. The third-order valence-electron chi connectivity index (χ3n) is 4.41. The number of halogens is 1. The van der Waals surface area contributed by atoms with Gasteiger partial charge in [-0.2, -0.15) is 0 Å². The van der Waals surface area contributed by atoms with E-state index in [0.29, 0.717) is 34.9 Å². The number of rotatable bonds is 4. The molecule has 0 aliphatic carbocycles. The van der Waals surface area contributed by atoms with Crippen molar-refractivity contribution in [1.82, 2.24) is 9.55 Å². The van der Waals surface area contributed by atoms with Crippen LogP contribution < -0.4 is 10.3 Å². The molecule has 0 radical (unpaired) electrons. The molecule has 4 nitrogen and oxygen atoms in total. The van der Waals surface area contributed by atoms with Crippen LogP contribution in [0.3, 0.4) is 0 Å². The molecule has 0 spiro atoms. The highest BCUT2D eigenvalue weighted by molar-refractivity contribution is 6.31. The van der Waals surface area contributed by atoms with E-state index in [1.165, 1.54) is 0 Å². The van der Waals surface area contributed by atoms with E-state index in [2.05, 4.69) is 6.58 Å². The summed E-state index contributed by atoms with van der Waals surface area (Å²) in [4.78, 5) is 17.5. The Morgan fingerprint density at radius 1 is 1.27 bits per heavy atom. The van der Waals surface area contributed by atoms with Crippen LogP contribution in [0, 0.1) is 0 Å². The minimum atomic E-state index is -0.0266. The van der Waals surface area contributed by atoms with Crippen molar-refractivity contribution < 1.29 is 4.74 Å². The summed E-state index contributed by atoms with van der Waals surface area (Å²) in [5.74, 6) is 1.48. The number of fused-ring (bicyclic) bond motifs is 2. The van der Waals surface area contributed by atoms with Gasteiger partial charge in [0, 0.05) is 17.1 Å². The van der Waals surface area contributed by atoms with Crippen molar-refractivity contribution in [2.75, 3.05) is 6.61 Å². The monoisotopic (exact) mass is 364 g/mol. The Morgan fingerprint density at radius 2 is 2.12 bits per heavy atom. The molecule has 0 amide bonds. The van der Waals surface area contributed by atoms with Crippen molar-refractivity contribution in [3.05, 3.63) is 81.9 Å². The van der Waals surface area contributed by atoms with Crippen LogP contribution in [-0.4, -0.2) is 16.2 Å². The van der Waals surface area contributed by atoms with E-state index in [0.717, 1.165) is 23.3 Å². The lowest BCUT2D eigenvalue weighted by Gasteiger charge is -2.08. The number of hydrogen-bond acceptors (Lipinski definition) is 3. The normalized spacial score (nSPS) is 14.6. The summed E-state index contributed by atoms with van der Waals surface area (Å²) in [6, 6.07) is 13.0. The van der Waals surface area contributed by atoms with Crippen LogP contribution in [0.4, 0.5) is 0 Å². The molecule has 0 atom stereocenters. The fourth-order valence-corrected chi connectivity index (χ4v) is 3.36. The number of para-hydroxylation sites is 1. The zero-order valence-corrected chi connectivity index (χ0v) is 14.9. The van der Waals surface area contributed by atoms with Crippen molar-refractivity contribution in [2.45, 2.75) is 13.0 Å². The highest BCUT2D eigenvalue weighted by Gasteiger charge is 2.21. The average molecular weight is 365 g/mol. The van der Waals surface area contributed by atoms with Crippen molar-refractivity contribution >= 4 is 34.2 Å². The van der Waals surface area contributed by atoms with Crippen molar-refractivity contribution in [3.8, 4) is 5.75 Å². The Hall–Kier alpha value is -2.85. The predicted octanol–water partition coefficient (Wildman–Crippen LogP) is 4.56. The SMILES string of the molecule is C=CCOc1ccccc1/C=C1\CCn2c1nc1cc(Cl)ccc1c2=O. The van der Waals surface area contributed by atoms with E-state index in [4.69, 9.17) is 21.3 Å². The maximum atomic E-state index is 12.8. The summed E-state index contributed by atoms with van der Waals surface area (Å²) in [6.07, 6.45) is 4.51. The molecule has 2 aromatic carbocycles. The van der Waals surface area contributed by atoms with E-state index in [1.54, 1.807) is 28.8 Å². The van der Waals surface area contributed by atoms with E-state index >= 15 is 0 Å². The summed E-state index contributed by atoms with van der Waals surface area (Å²) in [6.45, 7) is 4.75. The Balaban J connectivity index is 1.83. The molecule has 0 unspecified atom stereocenters. The van der Waals surface area contributed by atoms with Crippen LogP contribution in [0.25, 0.3) is 22.6 Å². The Kier molecular flexibility index (Phi) is 4.35. The first kappa shape index (κ1) is 16.6. The second-order valence-corrected chi connectivity index (χ2v) is 6.55. The molecule has 3 aromatic rings. The highest BCUT2D eigenvalue weighted by Crippen LogP contribution is 2.30. The lowest BCUT2D eigenvalue weighted by atomic mass is 10.1. The average Bonchev–Trinajstić information content (AvgIpc) is 3.04. The quantitative estimate of drug-likeness (QED) is 0.637. The zero-order valence-electron chi connectivity index (χ0n) is 14.1. The van der Waals surface area contributed by atoms with Gasteiger partial charge in [0.2, 0.25) is 0 Å². The smallest absolute Gasteiger partial charge is 0.261 e. The number of benzene rings is 2. The lowest BCUT2D eigenvalue weighted by molar-refractivity contribution is 0.362. The molecule has 130 valence electrons. The Bertz CT molecular complexity index is 1100. The van der Waals surface area contributed by atoms with E-state index < -0.39 is 0 Å². The summed E-state index contributed by atoms with van der Waals surface area (Å²) < 4.78 is 7.46. The summed E-state index contributed by atoms with van der Waals surface area (Å²) in [5.41, 5.74) is 2.57. The topological polar surface area (TPSA) is 44.1 Å². The molecule has 1 aromatic heterocycles. The van der Waals surface area contributed by atoms with Crippen LogP contribution in [0.15, 0.2) is 59.9 Å². The molecule has 5 heteroatoms. The van der Waals surface area contributed by atoms with Gasteiger partial charge in [0.1, 0.15) is 18.2 Å². The Labute approximate surface area is 156 Å². The van der Waals surface area contributed by atoms with E-state index in [1.807, 2.05) is 30.3 Å². The largest absolute Gasteiger partial charge is 0.489 e. The molecule has 0 bridgehead atoms. The molecule has 0 fully saturated rings. The van der Waals surface area contributed by atoms with E-state index in [-0.39, 0.29) is 5.56 Å². The standard InChI is InChI=1S/C21H17ClN2O2/c1-2-11-26-19-6-4-3-5-14(19)12-15-9-10-24-20(15)23-18-13-16(22)7-8-17(18)21(24)25/h2-8,12-13H,1,9-11H2/b15-12+. The van der Waals surface area contributed by atoms with Crippen LogP contribution in [0.2, 0.25) is 5.02 Å². The molecule has 0 saturated carbocycles. The summed E-state index contributed by atoms with van der Waals surface area (Å²) >= 11 is 6.07. The van der Waals surface area contributed by atoms with Gasteiger partial charge in [-0.3, -0.25) is 9.36 Å². The molecule has 1 aliphatic heterocycles. The molecule has 0 saturated heterocycles. The fraction of sp³-hybridized carbons (Fsp3) is 0.143. The maximum absolute atomic E-state index is 12.8. The second-order valence-electron chi connectivity index (χ2n) is 6.11. The van der Waals surface area contributed by atoms with E-state index in [9.17, 15) is 4.79 Å². The molecule has 26 heavy (non-hydrogen) atoms. The van der Waals surface area contributed by atoms with Crippen LogP contribution >= 0.6 is 11.6 Å². The third-order valence-corrected chi connectivity index (χ3v) is 4.65. The van der Waals surface area contributed by atoms with Gasteiger partial charge >= 0.3 is 0 Å². The van der Waals surface area contributed by atoms with Crippen molar-refractivity contribution in [1.29, 1.82) is 0 Å². The van der Waals surface area contributed by atoms with Crippen LogP contribution in [0.1, 0.15) is 17.8 Å². The first-order valence-corrected chi connectivity index (χ1v) is 8.79. The minimum Gasteiger partial charge on any atom is -0.489 e. The summed E-state index contributed by atoms with van der Waals surface area (Å²) in [5, 5.41) is 1.16. The molecule has 0 N–H and O–H groups in total. The number of hydrogen-bond donors (Lipinski definition) is 0. The predicted molar refractivity (Wildman–Crippen MR) is 106 cm³/mol. The molecular weight excluding hydrogens is 348 g/mol. The van der Waals surface area contributed by atoms with Crippen molar-refractivity contribution in [3.63, 3.8) is 0 Å². The zero-order chi connectivity index (χ0) is 18.1. The third kappa shape index (κ3) is 2.93. The van der Waals surface area contributed by atoms with Gasteiger partial charge in [-0.1, -0.05) is 42.5 Å². The van der Waals surface area contributed by atoms with Gasteiger partial charge in [-0.05, 0) is 42.3 Å². The second kappa shape index (κ2) is 6.81. The number of allylic oxidation sites excluding steroid dienone is 1. The highest BCUT2D eigenvalue weighted by atomic mass is 35.5. The maximum Gasteiger partial charge on any atom is 0.261 e. The molecule has 4 rings (SSSR count). The van der Waals surface area contributed by atoms with Gasteiger partial charge in [0.05, 0.1) is 10.9 Å². The number of nitrogens with zero attached hydrogens (tertiary/aromatic N) is 2. The summed E-state index contributed by atoms with van der Waals surface area (Å²) in [7, 11) is 0. The van der Waals surface area contributed by atoms with Gasteiger partial charge in [0.15, 0.2) is 0 Å². The van der Waals surface area contributed by atoms with Crippen molar-refractivity contribution in [2.24, 2.45) is 0 Å². The van der Waals surface area contributed by atoms with Gasteiger partial charge in [-0.15, -0.1) is 0 Å². The lowest BCUT2D eigenvalue weighted by Crippen LogP contribution is -2.20. The first-order chi connectivity index (χ1) is 12.7. The van der Waals surface area contributed by atoms with Gasteiger partial charge in [-0.25, -0.2) is 4.98 Å². The van der Waals surface area contributed by atoms with Gasteiger partial charge in [0.25, 0.3) is 5.56 Å². The Morgan fingerprint density at radius 3 is 2.96 bits per heavy atom. The van der Waals surface area contributed by atoms with Crippen LogP contribution in [-0.2, 0) is 6.54 Å². The van der Waals surface area contributed by atoms with Crippen LogP contribution in [0.5, 0.6) is 5.75 Å². The number of ether oxygens (including phenoxy) is 1. The number of aromatic nitrogens is 2. The fourth-order valence-electron chi connectivity index (χ4n) is 3.20. The van der Waals surface area contributed by atoms with Gasteiger partial charge < -0.3 is 4.74 Å².